The largest absolute Gasteiger partial charge is 0.456 e. The molecule has 144 valence electrons. The molecule has 0 aliphatic heterocycles. The number of nitrogens with one attached hydrogen (secondary N) is 1. The average Bonchev–Trinajstić information content (AvgIpc) is 2.49. The number of nitriles is 1. The van der Waals surface area contributed by atoms with Gasteiger partial charge in [0.1, 0.15) is 5.54 Å². The molecule has 1 amide bonds. The number of ether oxygens (including phenoxy) is 1. The van der Waals surface area contributed by atoms with Crippen LogP contribution in [0.15, 0.2) is 0 Å². The quantitative estimate of drug-likeness (QED) is 0.706. The van der Waals surface area contributed by atoms with E-state index in [1.165, 1.54) is 6.42 Å². The van der Waals surface area contributed by atoms with Crippen molar-refractivity contribution in [3.05, 3.63) is 0 Å². The van der Waals surface area contributed by atoms with Crippen molar-refractivity contribution in [3.63, 3.8) is 0 Å². The zero-order chi connectivity index (χ0) is 19.2. The smallest absolute Gasteiger partial charge is 0.306 e. The van der Waals surface area contributed by atoms with Crippen LogP contribution in [0.4, 0.5) is 0 Å². The monoisotopic (exact) mass is 362 g/mol. The molecule has 6 heteroatoms. The molecule has 4 fully saturated rings. The van der Waals surface area contributed by atoms with Gasteiger partial charge in [0, 0.05) is 0 Å². The van der Waals surface area contributed by atoms with Gasteiger partial charge in [0.15, 0.2) is 6.61 Å². The molecular weight excluding hydrogens is 332 g/mol. The Morgan fingerprint density at radius 3 is 2.42 bits per heavy atom. The highest BCUT2D eigenvalue weighted by molar-refractivity contribution is 5.81. The maximum absolute atomic E-state index is 12.4. The van der Waals surface area contributed by atoms with E-state index >= 15 is 0 Å². The molecule has 4 aliphatic carbocycles. The van der Waals surface area contributed by atoms with E-state index in [0.717, 1.165) is 25.7 Å². The molecule has 2 N–H and O–H groups in total. The summed E-state index contributed by atoms with van der Waals surface area (Å²) in [6.07, 6.45) is 5.81. The van der Waals surface area contributed by atoms with E-state index in [2.05, 4.69) is 11.4 Å². The van der Waals surface area contributed by atoms with E-state index in [0.29, 0.717) is 18.3 Å². The molecule has 5 atom stereocenters. The highest BCUT2D eigenvalue weighted by Crippen LogP contribution is 2.62. The lowest BCUT2D eigenvalue weighted by molar-refractivity contribution is -0.177. The molecule has 4 saturated carbocycles. The minimum absolute atomic E-state index is 0.0556. The molecule has 0 heterocycles. The Balaban J connectivity index is 1.52. The van der Waals surface area contributed by atoms with Gasteiger partial charge >= 0.3 is 5.97 Å². The minimum atomic E-state index is -0.979. The van der Waals surface area contributed by atoms with Crippen LogP contribution in [0.25, 0.3) is 0 Å². The van der Waals surface area contributed by atoms with Crippen molar-refractivity contribution in [2.75, 3.05) is 6.61 Å². The van der Waals surface area contributed by atoms with E-state index in [1.807, 2.05) is 13.8 Å². The Kier molecular flexibility index (Phi) is 4.81. The molecule has 4 aliphatic rings. The standard InChI is InChI=1S/C20H30N2O4/c1-13(2)18(3,12-21)22-16(23)10-26-17(24)9-19-5-14-4-15(6-19)8-20(25,7-14)11-19/h13-15,25H,4-11H2,1-3H3,(H,22,23)/t14-,15+,18-,19?,20?/m0/s1. The number of hydrogen-bond donors (Lipinski definition) is 2. The number of amides is 1. The maximum Gasteiger partial charge on any atom is 0.306 e. The highest BCUT2D eigenvalue weighted by atomic mass is 16.5. The van der Waals surface area contributed by atoms with Crippen LogP contribution in [-0.2, 0) is 14.3 Å². The SMILES string of the molecule is CC(C)[C@](C)(C#N)NC(=O)COC(=O)CC12C[C@@H]3C[C@@H](CC(O)(C3)C1)C2. The topological polar surface area (TPSA) is 99.4 Å². The number of carbonyl (C=O) groups excluding carboxylic acids is 2. The first-order valence-electron chi connectivity index (χ1n) is 9.67. The summed E-state index contributed by atoms with van der Waals surface area (Å²) < 4.78 is 5.20. The van der Waals surface area contributed by atoms with Crippen LogP contribution in [-0.4, -0.2) is 34.7 Å². The minimum Gasteiger partial charge on any atom is -0.456 e. The second-order valence-electron chi connectivity index (χ2n) is 9.54. The van der Waals surface area contributed by atoms with Crippen LogP contribution in [0.2, 0.25) is 0 Å². The van der Waals surface area contributed by atoms with Gasteiger partial charge in [-0.05, 0) is 68.6 Å². The van der Waals surface area contributed by atoms with Crippen molar-refractivity contribution in [2.24, 2.45) is 23.2 Å². The summed E-state index contributed by atoms with van der Waals surface area (Å²) >= 11 is 0. The number of nitrogens with zero attached hydrogens (tertiary/aromatic N) is 1. The van der Waals surface area contributed by atoms with Gasteiger partial charge in [-0.1, -0.05) is 13.8 Å². The van der Waals surface area contributed by atoms with Crippen molar-refractivity contribution in [2.45, 2.75) is 76.9 Å². The zero-order valence-electron chi connectivity index (χ0n) is 16.0. The first kappa shape index (κ1) is 19.2. The molecule has 0 spiro atoms. The summed E-state index contributed by atoms with van der Waals surface area (Å²) in [5.41, 5.74) is -1.74. The number of aliphatic hydroxyl groups is 1. The fraction of sp³-hybridized carbons (Fsp3) is 0.850. The van der Waals surface area contributed by atoms with Gasteiger partial charge in [-0.25, -0.2) is 0 Å². The number of esters is 1. The van der Waals surface area contributed by atoms with Gasteiger partial charge in [0.25, 0.3) is 5.91 Å². The van der Waals surface area contributed by atoms with Crippen molar-refractivity contribution in [3.8, 4) is 6.07 Å². The molecule has 4 bridgehead atoms. The third-order valence-corrected chi connectivity index (χ3v) is 6.82. The first-order chi connectivity index (χ1) is 12.1. The molecule has 0 aromatic heterocycles. The molecule has 6 nitrogen and oxygen atoms in total. The van der Waals surface area contributed by atoms with Crippen molar-refractivity contribution >= 4 is 11.9 Å². The van der Waals surface area contributed by atoms with Gasteiger partial charge in [-0.2, -0.15) is 5.26 Å². The summed E-state index contributed by atoms with van der Waals surface area (Å²) in [7, 11) is 0. The lowest BCUT2D eigenvalue weighted by atomic mass is 9.47. The lowest BCUT2D eigenvalue weighted by Gasteiger charge is -2.60. The third kappa shape index (κ3) is 3.73. The fourth-order valence-electron chi connectivity index (χ4n) is 5.74. The van der Waals surface area contributed by atoms with Gasteiger partial charge < -0.3 is 15.2 Å². The van der Waals surface area contributed by atoms with Crippen molar-refractivity contribution in [1.82, 2.24) is 5.32 Å². The van der Waals surface area contributed by atoms with Crippen molar-refractivity contribution < 1.29 is 19.4 Å². The van der Waals surface area contributed by atoms with E-state index in [9.17, 15) is 20.0 Å². The Bertz CT molecular complexity index is 624. The molecule has 26 heavy (non-hydrogen) atoms. The second-order valence-corrected chi connectivity index (χ2v) is 9.54. The fourth-order valence-corrected chi connectivity index (χ4v) is 5.74. The summed E-state index contributed by atoms with van der Waals surface area (Å²) in [4.78, 5) is 24.4. The Hall–Kier alpha value is -1.61. The first-order valence-corrected chi connectivity index (χ1v) is 9.67. The zero-order valence-corrected chi connectivity index (χ0v) is 16.0. The molecule has 0 aromatic rings. The molecule has 4 rings (SSSR count). The second kappa shape index (κ2) is 6.53. The molecule has 0 saturated heterocycles. The van der Waals surface area contributed by atoms with Crippen LogP contribution in [0.1, 0.15) is 65.7 Å². The Morgan fingerprint density at radius 1 is 1.31 bits per heavy atom. The van der Waals surface area contributed by atoms with E-state index < -0.39 is 17.0 Å². The maximum atomic E-state index is 12.4. The molecule has 0 radical (unpaired) electrons. The number of hydrogen-bond acceptors (Lipinski definition) is 5. The number of rotatable bonds is 6. The van der Waals surface area contributed by atoms with Crippen LogP contribution in [0.5, 0.6) is 0 Å². The summed E-state index contributed by atoms with van der Waals surface area (Å²) in [6.45, 7) is 5.00. The predicted octanol–water partition coefficient (Wildman–Crippen LogP) is 2.31. The van der Waals surface area contributed by atoms with Crippen molar-refractivity contribution in [1.29, 1.82) is 5.26 Å². The summed E-state index contributed by atoms with van der Waals surface area (Å²) in [5.74, 6) is 0.133. The summed E-state index contributed by atoms with van der Waals surface area (Å²) in [6, 6.07) is 2.10. The van der Waals surface area contributed by atoms with Gasteiger partial charge in [-0.3, -0.25) is 9.59 Å². The van der Waals surface area contributed by atoms with Crippen LogP contribution in [0, 0.1) is 34.5 Å². The predicted molar refractivity (Wildman–Crippen MR) is 94.6 cm³/mol. The van der Waals surface area contributed by atoms with Gasteiger partial charge in [-0.15, -0.1) is 0 Å². The Morgan fingerprint density at radius 2 is 1.92 bits per heavy atom. The van der Waals surface area contributed by atoms with E-state index in [4.69, 9.17) is 4.74 Å². The van der Waals surface area contributed by atoms with Crippen LogP contribution in [0.3, 0.4) is 0 Å². The normalized spacial score (nSPS) is 37.1. The molecule has 0 aromatic carbocycles. The third-order valence-electron chi connectivity index (χ3n) is 6.82. The van der Waals surface area contributed by atoms with E-state index in [1.54, 1.807) is 6.92 Å². The Labute approximate surface area is 155 Å². The van der Waals surface area contributed by atoms with Gasteiger partial charge in [0.05, 0.1) is 18.1 Å². The highest BCUT2D eigenvalue weighted by Gasteiger charge is 2.57. The van der Waals surface area contributed by atoms with Gasteiger partial charge in [0.2, 0.25) is 0 Å². The summed E-state index contributed by atoms with van der Waals surface area (Å²) in [5, 5.41) is 22.7. The molecular formula is C20H30N2O4. The van der Waals surface area contributed by atoms with Crippen LogP contribution < -0.4 is 5.32 Å². The number of carbonyl (C=O) groups is 2. The molecule has 2 unspecified atom stereocenters. The van der Waals surface area contributed by atoms with Crippen LogP contribution >= 0.6 is 0 Å². The van der Waals surface area contributed by atoms with E-state index in [-0.39, 0.29) is 30.3 Å². The average molecular weight is 362 g/mol. The lowest BCUT2D eigenvalue weighted by Crippen LogP contribution is -2.56.